The summed E-state index contributed by atoms with van der Waals surface area (Å²) >= 11 is 0. The first-order valence-corrected chi connectivity index (χ1v) is 31.9. The first-order valence-electron chi connectivity index (χ1n) is 31.9. The molecule has 0 spiro atoms. The number of aliphatic hydroxyl groups excluding tert-OH is 4. The van der Waals surface area contributed by atoms with Crippen LogP contribution in [0.5, 0.6) is 0 Å². The largest absolute Gasteiger partial charge is 0.394 e. The Balaban J connectivity index is 3.63. The van der Waals surface area contributed by atoms with E-state index in [-0.39, 0.29) is 0 Å². The Morgan fingerprint density at radius 2 is 0.592 bits per heavy atom. The number of amides is 1. The number of carbonyl (C=O) groups excluding carboxylic acids is 1. The van der Waals surface area contributed by atoms with Crippen molar-refractivity contribution in [2.24, 2.45) is 0 Å². The monoisotopic (exact) mass is 1000 g/mol. The molecule has 0 aliphatic carbocycles. The van der Waals surface area contributed by atoms with Crippen LogP contribution in [0.15, 0.2) is 36.5 Å². The quantitative estimate of drug-likeness (QED) is 0.0308. The van der Waals surface area contributed by atoms with Crippen molar-refractivity contribution in [2.45, 2.75) is 366 Å². The Morgan fingerprint density at radius 3 is 0.887 bits per heavy atom. The lowest BCUT2D eigenvalue weighted by molar-refractivity contribution is -0.132. The summed E-state index contributed by atoms with van der Waals surface area (Å²) in [4.78, 5) is 12.6. The van der Waals surface area contributed by atoms with Gasteiger partial charge in [-0.25, -0.2) is 0 Å². The van der Waals surface area contributed by atoms with Gasteiger partial charge in [0.2, 0.25) is 5.91 Å². The molecule has 0 heterocycles. The minimum absolute atomic E-state index is 0.356. The van der Waals surface area contributed by atoms with E-state index in [4.69, 9.17) is 0 Å². The minimum Gasteiger partial charge on any atom is -0.394 e. The van der Waals surface area contributed by atoms with Crippen LogP contribution < -0.4 is 5.32 Å². The number of rotatable bonds is 59. The Bertz CT molecular complexity index is 1120. The van der Waals surface area contributed by atoms with Gasteiger partial charge in [0.1, 0.15) is 12.2 Å². The predicted octanol–water partition coefficient (Wildman–Crippen LogP) is 19.1. The van der Waals surface area contributed by atoms with E-state index in [2.05, 4.69) is 55.6 Å². The highest BCUT2D eigenvalue weighted by Gasteiger charge is 2.28. The second-order valence-electron chi connectivity index (χ2n) is 22.1. The van der Waals surface area contributed by atoms with Gasteiger partial charge >= 0.3 is 0 Å². The average Bonchev–Trinajstić information content (AvgIpc) is 3.38. The summed E-state index contributed by atoms with van der Waals surface area (Å²) in [6, 6.07) is -1.01. The van der Waals surface area contributed by atoms with Crippen molar-refractivity contribution < 1.29 is 25.2 Å². The second-order valence-corrected chi connectivity index (χ2v) is 22.1. The lowest BCUT2D eigenvalue weighted by atomic mass is 10.00. The molecule has 4 atom stereocenters. The minimum atomic E-state index is -1.29. The molecule has 5 N–H and O–H groups in total. The number of hydrogen-bond donors (Lipinski definition) is 5. The molecule has 6 heteroatoms. The molecular formula is C65H125NO5. The van der Waals surface area contributed by atoms with Crippen LogP contribution in [0.4, 0.5) is 0 Å². The number of allylic oxidation sites excluding steroid dienone is 6. The van der Waals surface area contributed by atoms with Gasteiger partial charge in [-0.2, -0.15) is 0 Å². The van der Waals surface area contributed by atoms with Crippen LogP contribution in [0.2, 0.25) is 0 Å². The van der Waals surface area contributed by atoms with Crippen LogP contribution in [0.25, 0.3) is 0 Å². The summed E-state index contributed by atoms with van der Waals surface area (Å²) in [7, 11) is 0. The van der Waals surface area contributed by atoms with Crippen molar-refractivity contribution >= 4 is 5.91 Å². The third kappa shape index (κ3) is 53.2. The van der Waals surface area contributed by atoms with Gasteiger partial charge in [-0.1, -0.05) is 301 Å². The second kappa shape index (κ2) is 59.4. The molecule has 0 radical (unpaired) electrons. The molecule has 0 saturated heterocycles. The molecule has 0 fully saturated rings. The van der Waals surface area contributed by atoms with Gasteiger partial charge in [-0.05, 0) is 77.0 Å². The maximum absolute atomic E-state index is 12.6. The molecule has 0 aromatic rings. The molecular weight excluding hydrogens is 875 g/mol. The van der Waals surface area contributed by atoms with Crippen molar-refractivity contribution in [3.05, 3.63) is 36.5 Å². The summed E-state index contributed by atoms with van der Waals surface area (Å²) in [6.07, 6.45) is 75.4. The fourth-order valence-corrected chi connectivity index (χ4v) is 10.1. The van der Waals surface area contributed by atoms with E-state index in [1.165, 1.54) is 270 Å². The predicted molar refractivity (Wildman–Crippen MR) is 311 cm³/mol. The van der Waals surface area contributed by atoms with Crippen molar-refractivity contribution in [3.8, 4) is 0 Å². The number of unbranched alkanes of at least 4 members (excludes halogenated alkanes) is 44. The normalized spacial score (nSPS) is 13.8. The Hall–Kier alpha value is -1.47. The third-order valence-corrected chi connectivity index (χ3v) is 15.1. The molecule has 0 rings (SSSR count). The van der Waals surface area contributed by atoms with Crippen molar-refractivity contribution in [2.75, 3.05) is 6.61 Å². The highest BCUT2D eigenvalue weighted by atomic mass is 16.3. The summed E-state index contributed by atoms with van der Waals surface area (Å²) in [5.74, 6) is -0.597. The van der Waals surface area contributed by atoms with Crippen molar-refractivity contribution in [1.29, 1.82) is 0 Å². The van der Waals surface area contributed by atoms with Gasteiger partial charge < -0.3 is 25.7 Å². The van der Waals surface area contributed by atoms with Crippen LogP contribution in [0.1, 0.15) is 341 Å². The van der Waals surface area contributed by atoms with Gasteiger partial charge in [0.15, 0.2) is 0 Å². The van der Waals surface area contributed by atoms with E-state index in [9.17, 15) is 25.2 Å². The van der Waals surface area contributed by atoms with Crippen molar-refractivity contribution in [3.63, 3.8) is 0 Å². The lowest BCUT2D eigenvalue weighted by Crippen LogP contribution is -2.53. The first kappa shape index (κ1) is 69.5. The van der Waals surface area contributed by atoms with E-state index in [0.717, 1.165) is 38.5 Å². The zero-order chi connectivity index (χ0) is 51.6. The lowest BCUT2D eigenvalue weighted by Gasteiger charge is -2.27. The Kier molecular flexibility index (Phi) is 58.2. The highest BCUT2D eigenvalue weighted by Crippen LogP contribution is 2.18. The van der Waals surface area contributed by atoms with E-state index < -0.39 is 36.9 Å². The molecule has 0 bridgehead atoms. The van der Waals surface area contributed by atoms with E-state index in [0.29, 0.717) is 19.3 Å². The molecule has 0 aromatic carbocycles. The molecule has 6 nitrogen and oxygen atoms in total. The molecule has 0 aromatic heterocycles. The summed E-state index contributed by atoms with van der Waals surface area (Å²) in [5, 5.41) is 44.1. The van der Waals surface area contributed by atoms with Crippen LogP contribution >= 0.6 is 0 Å². The van der Waals surface area contributed by atoms with Gasteiger partial charge in [0.05, 0.1) is 18.8 Å². The first-order chi connectivity index (χ1) is 35.0. The SMILES string of the molecule is CCCCCCCCCCCCCC/C=C\CCCCCCCCCC(O)C(=O)NC(CO)C(O)C(O)CCC/C=C/CC/C=C/CCCCCCCCCCCCCCCCCCCCCCCCC. The number of hydrogen-bond acceptors (Lipinski definition) is 5. The van der Waals surface area contributed by atoms with E-state index >= 15 is 0 Å². The number of nitrogens with one attached hydrogen (secondary N) is 1. The third-order valence-electron chi connectivity index (χ3n) is 15.1. The van der Waals surface area contributed by atoms with Gasteiger partial charge in [0, 0.05) is 0 Å². The standard InChI is InChI=1S/C65H125NO5/c1-3-5-7-9-11-13-15-17-19-21-23-25-27-28-29-30-31-32-33-34-35-37-38-40-42-44-46-48-50-52-54-56-58-62(68)64(70)61(60-67)66-65(71)63(69)59-57-55-53-51-49-47-45-43-41-39-36-26-24-22-20-18-16-14-12-10-8-6-4-2/h39,41-42,44,50,52,61-64,67-70H,3-38,40,43,45-49,51,53-60H2,1-2H3,(H,66,71)/b41-39-,44-42+,52-50+. The maximum Gasteiger partial charge on any atom is 0.249 e. The molecule has 420 valence electrons. The summed E-state index contributed by atoms with van der Waals surface area (Å²) in [6.45, 7) is 4.08. The molecule has 71 heavy (non-hydrogen) atoms. The average molecular weight is 1000 g/mol. The fraction of sp³-hybridized carbons (Fsp3) is 0.892. The Morgan fingerprint density at radius 1 is 0.338 bits per heavy atom. The number of carbonyl (C=O) groups is 1. The molecule has 0 aliphatic heterocycles. The molecule has 1 amide bonds. The number of aliphatic hydroxyl groups is 4. The zero-order valence-electron chi connectivity index (χ0n) is 47.7. The summed E-state index contributed by atoms with van der Waals surface area (Å²) in [5.41, 5.74) is 0. The zero-order valence-corrected chi connectivity index (χ0v) is 47.7. The summed E-state index contributed by atoms with van der Waals surface area (Å²) < 4.78 is 0. The maximum atomic E-state index is 12.6. The van der Waals surface area contributed by atoms with Gasteiger partial charge in [-0.3, -0.25) is 4.79 Å². The van der Waals surface area contributed by atoms with Crippen molar-refractivity contribution in [1.82, 2.24) is 5.32 Å². The highest BCUT2D eigenvalue weighted by molar-refractivity contribution is 5.80. The van der Waals surface area contributed by atoms with Gasteiger partial charge in [-0.15, -0.1) is 0 Å². The molecule has 4 unspecified atom stereocenters. The van der Waals surface area contributed by atoms with Crippen LogP contribution in [0.3, 0.4) is 0 Å². The van der Waals surface area contributed by atoms with Crippen LogP contribution in [-0.4, -0.2) is 57.3 Å². The molecule has 0 aliphatic rings. The topological polar surface area (TPSA) is 110 Å². The van der Waals surface area contributed by atoms with E-state index in [1.807, 2.05) is 0 Å². The fourth-order valence-electron chi connectivity index (χ4n) is 10.1. The Labute approximate surface area is 443 Å². The van der Waals surface area contributed by atoms with Crippen LogP contribution in [0, 0.1) is 0 Å². The van der Waals surface area contributed by atoms with E-state index in [1.54, 1.807) is 0 Å². The smallest absolute Gasteiger partial charge is 0.249 e. The van der Waals surface area contributed by atoms with Gasteiger partial charge in [0.25, 0.3) is 0 Å². The van der Waals surface area contributed by atoms with Crippen LogP contribution in [-0.2, 0) is 4.79 Å². The molecule has 0 saturated carbocycles.